The van der Waals surface area contributed by atoms with Crippen LogP contribution in [0.4, 0.5) is 4.79 Å². The minimum atomic E-state index is -1.17. The molecule has 1 fully saturated rings. The minimum Gasteiger partial charge on any atom is -0.337 e. The van der Waals surface area contributed by atoms with Crippen LogP contribution in [0.2, 0.25) is 0 Å². The summed E-state index contributed by atoms with van der Waals surface area (Å²) in [7, 11) is 1.76. The maximum absolute atomic E-state index is 13.3. The molecule has 2 unspecified atom stereocenters. The van der Waals surface area contributed by atoms with Gasteiger partial charge in [-0.15, -0.1) is 0 Å². The zero-order chi connectivity index (χ0) is 22.9. The topological polar surface area (TPSA) is 69.7 Å². The lowest BCUT2D eigenvalue weighted by molar-refractivity contribution is -0.139. The second-order valence-electron chi connectivity index (χ2n) is 9.00. The van der Waals surface area contributed by atoms with Gasteiger partial charge in [-0.3, -0.25) is 14.5 Å². The second kappa shape index (κ2) is 8.77. The van der Waals surface area contributed by atoms with Crippen molar-refractivity contribution < 1.29 is 14.4 Å². The van der Waals surface area contributed by atoms with Crippen LogP contribution in [0.15, 0.2) is 48.5 Å². The van der Waals surface area contributed by atoms with E-state index >= 15 is 0 Å². The van der Waals surface area contributed by atoms with Gasteiger partial charge in [-0.25, -0.2) is 4.79 Å². The third-order valence-electron chi connectivity index (χ3n) is 6.84. The number of carbonyl (C=O) groups excluding carboxylic acids is 3. The molecule has 2 aromatic rings. The molecule has 1 N–H and O–H groups in total. The molecular weight excluding hydrogens is 402 g/mol. The molecular formula is C26H31N3O3. The van der Waals surface area contributed by atoms with Crippen LogP contribution in [-0.4, -0.2) is 41.2 Å². The first-order valence-electron chi connectivity index (χ1n) is 11.4. The van der Waals surface area contributed by atoms with Crippen molar-refractivity contribution in [3.8, 4) is 0 Å². The fourth-order valence-electron chi connectivity index (χ4n) is 4.88. The van der Waals surface area contributed by atoms with Crippen molar-refractivity contribution in [2.45, 2.75) is 57.5 Å². The Morgan fingerprint density at radius 2 is 1.88 bits per heavy atom. The minimum absolute atomic E-state index is 0.0364. The van der Waals surface area contributed by atoms with Gasteiger partial charge in [0.2, 0.25) is 5.91 Å². The number of hydrogen-bond donors (Lipinski definition) is 1. The largest absolute Gasteiger partial charge is 0.337 e. The van der Waals surface area contributed by atoms with E-state index in [0.717, 1.165) is 48.1 Å². The molecule has 1 aliphatic heterocycles. The Balaban J connectivity index is 1.49. The lowest BCUT2D eigenvalue weighted by Gasteiger charge is -2.34. The summed E-state index contributed by atoms with van der Waals surface area (Å²) in [6.45, 7) is 3.56. The van der Waals surface area contributed by atoms with E-state index in [0.29, 0.717) is 0 Å². The molecule has 0 aromatic heterocycles. The highest BCUT2D eigenvalue weighted by atomic mass is 16.2. The van der Waals surface area contributed by atoms with Crippen LogP contribution in [0.5, 0.6) is 0 Å². The fraction of sp³-hybridized carbons (Fsp3) is 0.423. The molecule has 1 aliphatic carbocycles. The number of fused-ring (bicyclic) bond motifs is 1. The van der Waals surface area contributed by atoms with Crippen molar-refractivity contribution in [1.29, 1.82) is 0 Å². The first-order chi connectivity index (χ1) is 15.3. The molecule has 4 amide bonds. The van der Waals surface area contributed by atoms with E-state index in [-0.39, 0.29) is 18.5 Å². The molecule has 0 radical (unpaired) electrons. The van der Waals surface area contributed by atoms with Gasteiger partial charge in [-0.2, -0.15) is 0 Å². The average Bonchev–Trinajstić information content (AvgIpc) is 3.02. The van der Waals surface area contributed by atoms with Crippen LogP contribution in [0, 0.1) is 0 Å². The summed E-state index contributed by atoms with van der Waals surface area (Å²) in [5, 5.41) is 2.80. The van der Waals surface area contributed by atoms with Gasteiger partial charge in [0.15, 0.2) is 0 Å². The van der Waals surface area contributed by atoms with Gasteiger partial charge >= 0.3 is 6.03 Å². The Morgan fingerprint density at radius 1 is 1.16 bits per heavy atom. The Bertz CT molecular complexity index is 1030. The SMILES string of the molecule is CCCc1ccc(C2(C)NC(=O)N(CC(=O)N(C)C3CCCc4ccccc43)C2=O)cc1. The summed E-state index contributed by atoms with van der Waals surface area (Å²) < 4.78 is 0. The third-order valence-corrected chi connectivity index (χ3v) is 6.84. The third kappa shape index (κ3) is 3.90. The zero-order valence-electron chi connectivity index (χ0n) is 19.1. The van der Waals surface area contributed by atoms with Gasteiger partial charge in [-0.1, -0.05) is 61.9 Å². The highest BCUT2D eigenvalue weighted by Crippen LogP contribution is 2.34. The molecule has 168 valence electrons. The van der Waals surface area contributed by atoms with Crippen molar-refractivity contribution in [3.63, 3.8) is 0 Å². The number of urea groups is 1. The zero-order valence-corrected chi connectivity index (χ0v) is 19.1. The van der Waals surface area contributed by atoms with Crippen LogP contribution in [0.3, 0.4) is 0 Å². The van der Waals surface area contributed by atoms with Gasteiger partial charge in [0.25, 0.3) is 5.91 Å². The fourth-order valence-corrected chi connectivity index (χ4v) is 4.88. The Kier molecular flexibility index (Phi) is 6.04. The summed E-state index contributed by atoms with van der Waals surface area (Å²) in [6.07, 6.45) is 4.91. The van der Waals surface area contributed by atoms with Crippen molar-refractivity contribution in [2.24, 2.45) is 0 Å². The molecule has 1 saturated heterocycles. The van der Waals surface area contributed by atoms with Crippen LogP contribution in [0.1, 0.15) is 61.4 Å². The van der Waals surface area contributed by atoms with Gasteiger partial charge < -0.3 is 10.2 Å². The Labute approximate surface area is 189 Å². The van der Waals surface area contributed by atoms with Crippen molar-refractivity contribution in [2.75, 3.05) is 13.6 Å². The smallest absolute Gasteiger partial charge is 0.325 e. The first-order valence-corrected chi connectivity index (χ1v) is 11.4. The van der Waals surface area contributed by atoms with Gasteiger partial charge in [0.05, 0.1) is 6.04 Å². The molecule has 1 heterocycles. The van der Waals surface area contributed by atoms with Crippen LogP contribution in [0.25, 0.3) is 0 Å². The van der Waals surface area contributed by atoms with Crippen molar-refractivity contribution in [3.05, 3.63) is 70.8 Å². The molecule has 2 aliphatic rings. The molecule has 6 heteroatoms. The molecule has 0 bridgehead atoms. The molecule has 0 spiro atoms. The molecule has 6 nitrogen and oxygen atoms in total. The molecule has 0 saturated carbocycles. The van der Waals surface area contributed by atoms with Crippen molar-refractivity contribution in [1.82, 2.24) is 15.1 Å². The number of benzene rings is 2. The highest BCUT2D eigenvalue weighted by Gasteiger charge is 2.49. The number of nitrogens with zero attached hydrogens (tertiary/aromatic N) is 2. The number of amides is 4. The summed E-state index contributed by atoms with van der Waals surface area (Å²) >= 11 is 0. The number of carbonyl (C=O) groups is 3. The number of imide groups is 1. The predicted molar refractivity (Wildman–Crippen MR) is 123 cm³/mol. The number of likely N-dealkylation sites (N-methyl/N-ethyl adjacent to an activating group) is 1. The Morgan fingerprint density at radius 3 is 2.59 bits per heavy atom. The van der Waals surface area contributed by atoms with E-state index in [4.69, 9.17) is 0 Å². The number of nitrogens with one attached hydrogen (secondary N) is 1. The summed E-state index contributed by atoms with van der Waals surface area (Å²) in [4.78, 5) is 41.8. The monoisotopic (exact) mass is 433 g/mol. The predicted octanol–water partition coefficient (Wildman–Crippen LogP) is 3.94. The Hall–Kier alpha value is -3.15. The maximum atomic E-state index is 13.3. The van der Waals surface area contributed by atoms with Gasteiger partial charge in [-0.05, 0) is 54.9 Å². The van der Waals surface area contributed by atoms with E-state index in [9.17, 15) is 14.4 Å². The highest BCUT2D eigenvalue weighted by molar-refractivity contribution is 6.09. The van der Waals surface area contributed by atoms with E-state index in [1.165, 1.54) is 11.1 Å². The van der Waals surface area contributed by atoms with Crippen molar-refractivity contribution >= 4 is 17.8 Å². The lowest BCUT2D eigenvalue weighted by Crippen LogP contribution is -2.44. The summed E-state index contributed by atoms with van der Waals surface area (Å²) in [5.41, 5.74) is 3.16. The number of hydrogen-bond acceptors (Lipinski definition) is 3. The first kappa shape index (κ1) is 22.1. The van der Waals surface area contributed by atoms with E-state index in [1.807, 2.05) is 36.4 Å². The van der Waals surface area contributed by atoms with Gasteiger partial charge in [0, 0.05) is 7.05 Å². The van der Waals surface area contributed by atoms with E-state index < -0.39 is 17.5 Å². The lowest BCUT2D eigenvalue weighted by atomic mass is 9.87. The molecule has 4 rings (SSSR count). The quantitative estimate of drug-likeness (QED) is 0.702. The van der Waals surface area contributed by atoms with E-state index in [1.54, 1.807) is 18.9 Å². The summed E-state index contributed by atoms with van der Waals surface area (Å²) in [5.74, 6) is -0.630. The molecule has 2 atom stereocenters. The number of aryl methyl sites for hydroxylation is 2. The molecule has 2 aromatic carbocycles. The normalized spacial score (nSPS) is 22.5. The van der Waals surface area contributed by atoms with Crippen LogP contribution < -0.4 is 5.32 Å². The van der Waals surface area contributed by atoms with Crippen LogP contribution >= 0.6 is 0 Å². The molecule has 32 heavy (non-hydrogen) atoms. The summed E-state index contributed by atoms with van der Waals surface area (Å²) in [6, 6.07) is 15.4. The maximum Gasteiger partial charge on any atom is 0.325 e. The van der Waals surface area contributed by atoms with E-state index in [2.05, 4.69) is 24.4 Å². The number of rotatable bonds is 6. The standard InChI is InChI=1S/C26H31N3O3/c1-4-8-18-13-15-20(16-14-18)26(2)24(31)29(25(32)27-26)17-23(30)28(3)22-12-7-10-19-9-5-6-11-21(19)22/h5-6,9,11,13-16,22H,4,7-8,10,12,17H2,1-3H3,(H,27,32). The van der Waals surface area contributed by atoms with Crippen LogP contribution in [-0.2, 0) is 28.0 Å². The van der Waals surface area contributed by atoms with Gasteiger partial charge in [0.1, 0.15) is 12.1 Å². The second-order valence-corrected chi connectivity index (χ2v) is 9.00. The average molecular weight is 434 g/mol.